The van der Waals surface area contributed by atoms with Crippen LogP contribution in [0.15, 0.2) is 11.6 Å². The summed E-state index contributed by atoms with van der Waals surface area (Å²) in [5.74, 6) is -0.243. The molecule has 0 fully saturated rings. The molecule has 0 saturated heterocycles. The molecule has 0 aromatic carbocycles. The molecular formula is C7H11NO2. The predicted octanol–water partition coefficient (Wildman–Crippen LogP) is 0.207. The number of esters is 1. The van der Waals surface area contributed by atoms with Crippen molar-refractivity contribution in [2.24, 2.45) is 5.73 Å². The molecule has 0 heterocycles. The lowest BCUT2D eigenvalue weighted by Gasteiger charge is -2.00. The van der Waals surface area contributed by atoms with E-state index in [1.165, 1.54) is 7.11 Å². The monoisotopic (exact) mass is 141 g/mol. The fourth-order valence-electron chi connectivity index (χ4n) is 1.04. The minimum Gasteiger partial charge on any atom is -0.466 e. The number of hydrogen-bond acceptors (Lipinski definition) is 3. The van der Waals surface area contributed by atoms with E-state index in [0.29, 0.717) is 6.42 Å². The maximum absolute atomic E-state index is 10.8. The third-order valence-electron chi connectivity index (χ3n) is 1.60. The van der Waals surface area contributed by atoms with Gasteiger partial charge in [-0.15, -0.1) is 0 Å². The first-order chi connectivity index (χ1) is 4.74. The Morgan fingerprint density at radius 1 is 1.90 bits per heavy atom. The van der Waals surface area contributed by atoms with Crippen LogP contribution in [0, 0.1) is 0 Å². The van der Waals surface area contributed by atoms with Gasteiger partial charge in [0.05, 0.1) is 7.11 Å². The standard InChI is InChI=1S/C7H11NO2/c1-10-7(9)5-2-3-6(8)4-5/h2,6H,3-4,8H2,1H3/t6-/m1/s1. The molecule has 3 heteroatoms. The van der Waals surface area contributed by atoms with E-state index in [0.717, 1.165) is 12.0 Å². The zero-order valence-electron chi connectivity index (χ0n) is 5.96. The molecule has 10 heavy (non-hydrogen) atoms. The molecule has 56 valence electrons. The molecule has 1 aliphatic carbocycles. The average molecular weight is 141 g/mol. The Labute approximate surface area is 59.8 Å². The van der Waals surface area contributed by atoms with Crippen molar-refractivity contribution in [3.63, 3.8) is 0 Å². The summed E-state index contributed by atoms with van der Waals surface area (Å²) < 4.78 is 4.52. The van der Waals surface area contributed by atoms with E-state index in [1.807, 2.05) is 6.08 Å². The lowest BCUT2D eigenvalue weighted by atomic mass is 10.2. The third-order valence-corrected chi connectivity index (χ3v) is 1.60. The van der Waals surface area contributed by atoms with Crippen molar-refractivity contribution in [3.8, 4) is 0 Å². The van der Waals surface area contributed by atoms with E-state index in [1.54, 1.807) is 0 Å². The SMILES string of the molecule is COC(=O)C1=CC[C@@H](N)C1. The quantitative estimate of drug-likeness (QED) is 0.531. The number of carbonyl (C=O) groups is 1. The van der Waals surface area contributed by atoms with E-state index >= 15 is 0 Å². The second-order valence-electron chi connectivity index (χ2n) is 2.42. The van der Waals surface area contributed by atoms with Gasteiger partial charge in [0, 0.05) is 11.6 Å². The Morgan fingerprint density at radius 3 is 3.00 bits per heavy atom. The highest BCUT2D eigenvalue weighted by atomic mass is 16.5. The van der Waals surface area contributed by atoms with Gasteiger partial charge in [-0.25, -0.2) is 4.79 Å². The molecular weight excluding hydrogens is 130 g/mol. The number of nitrogens with two attached hydrogens (primary N) is 1. The van der Waals surface area contributed by atoms with Crippen LogP contribution in [-0.2, 0) is 9.53 Å². The number of ether oxygens (including phenoxy) is 1. The first kappa shape index (κ1) is 7.28. The first-order valence-electron chi connectivity index (χ1n) is 3.27. The van der Waals surface area contributed by atoms with Gasteiger partial charge in [-0.1, -0.05) is 6.08 Å². The van der Waals surface area contributed by atoms with Crippen molar-refractivity contribution in [2.45, 2.75) is 18.9 Å². The van der Waals surface area contributed by atoms with Gasteiger partial charge >= 0.3 is 5.97 Å². The summed E-state index contributed by atoms with van der Waals surface area (Å²) in [5, 5.41) is 0. The van der Waals surface area contributed by atoms with E-state index in [-0.39, 0.29) is 12.0 Å². The topological polar surface area (TPSA) is 52.3 Å². The predicted molar refractivity (Wildman–Crippen MR) is 37.3 cm³/mol. The zero-order valence-corrected chi connectivity index (χ0v) is 5.96. The van der Waals surface area contributed by atoms with Gasteiger partial charge < -0.3 is 10.5 Å². The molecule has 0 amide bonds. The molecule has 1 aliphatic rings. The van der Waals surface area contributed by atoms with Crippen LogP contribution in [-0.4, -0.2) is 19.1 Å². The average Bonchev–Trinajstić information content (AvgIpc) is 2.34. The molecule has 0 aliphatic heterocycles. The van der Waals surface area contributed by atoms with Crippen LogP contribution < -0.4 is 5.73 Å². The smallest absolute Gasteiger partial charge is 0.333 e. The van der Waals surface area contributed by atoms with Crippen molar-refractivity contribution in [2.75, 3.05) is 7.11 Å². The lowest BCUT2D eigenvalue weighted by molar-refractivity contribution is -0.136. The van der Waals surface area contributed by atoms with Crippen LogP contribution in [0.4, 0.5) is 0 Å². The van der Waals surface area contributed by atoms with Crippen molar-refractivity contribution >= 4 is 5.97 Å². The summed E-state index contributed by atoms with van der Waals surface area (Å²) in [4.78, 5) is 10.8. The molecule has 3 nitrogen and oxygen atoms in total. The van der Waals surface area contributed by atoms with Gasteiger partial charge in [0.15, 0.2) is 0 Å². The van der Waals surface area contributed by atoms with Crippen LogP contribution >= 0.6 is 0 Å². The molecule has 0 unspecified atom stereocenters. The Kier molecular flexibility index (Phi) is 2.06. The number of carbonyl (C=O) groups excluding carboxylic acids is 1. The first-order valence-corrected chi connectivity index (χ1v) is 3.27. The second-order valence-corrected chi connectivity index (χ2v) is 2.42. The van der Waals surface area contributed by atoms with Crippen LogP contribution in [0.2, 0.25) is 0 Å². The van der Waals surface area contributed by atoms with E-state index in [9.17, 15) is 4.79 Å². The van der Waals surface area contributed by atoms with Crippen molar-refractivity contribution in [3.05, 3.63) is 11.6 Å². The Hall–Kier alpha value is -0.830. The summed E-state index contributed by atoms with van der Waals surface area (Å²) >= 11 is 0. The molecule has 1 rings (SSSR count). The van der Waals surface area contributed by atoms with E-state index < -0.39 is 0 Å². The van der Waals surface area contributed by atoms with Crippen LogP contribution in [0.5, 0.6) is 0 Å². The summed E-state index contributed by atoms with van der Waals surface area (Å²) in [7, 11) is 1.38. The normalized spacial score (nSPS) is 24.2. The minimum atomic E-state index is -0.243. The van der Waals surface area contributed by atoms with Crippen molar-refractivity contribution in [1.29, 1.82) is 0 Å². The summed E-state index contributed by atoms with van der Waals surface area (Å²) in [6.07, 6.45) is 3.30. The van der Waals surface area contributed by atoms with Gasteiger partial charge in [0.2, 0.25) is 0 Å². The second kappa shape index (κ2) is 2.84. The molecule has 0 bridgehead atoms. The highest BCUT2D eigenvalue weighted by Gasteiger charge is 2.18. The summed E-state index contributed by atoms with van der Waals surface area (Å²) in [6.45, 7) is 0. The van der Waals surface area contributed by atoms with Crippen molar-refractivity contribution in [1.82, 2.24) is 0 Å². The van der Waals surface area contributed by atoms with E-state index in [4.69, 9.17) is 5.73 Å². The van der Waals surface area contributed by atoms with Gasteiger partial charge in [-0.05, 0) is 12.8 Å². The molecule has 0 aromatic rings. The van der Waals surface area contributed by atoms with E-state index in [2.05, 4.69) is 4.74 Å². The number of hydrogen-bond donors (Lipinski definition) is 1. The molecule has 0 aromatic heterocycles. The molecule has 1 atom stereocenters. The maximum atomic E-state index is 10.8. The van der Waals surface area contributed by atoms with Gasteiger partial charge in [0.25, 0.3) is 0 Å². The molecule has 2 N–H and O–H groups in total. The fraction of sp³-hybridized carbons (Fsp3) is 0.571. The van der Waals surface area contributed by atoms with Crippen LogP contribution in [0.1, 0.15) is 12.8 Å². The molecule has 0 spiro atoms. The zero-order chi connectivity index (χ0) is 7.56. The summed E-state index contributed by atoms with van der Waals surface area (Å²) in [5.41, 5.74) is 6.28. The largest absolute Gasteiger partial charge is 0.466 e. The van der Waals surface area contributed by atoms with Gasteiger partial charge in [-0.3, -0.25) is 0 Å². The van der Waals surface area contributed by atoms with Gasteiger partial charge in [0.1, 0.15) is 0 Å². The van der Waals surface area contributed by atoms with Crippen LogP contribution in [0.3, 0.4) is 0 Å². The number of rotatable bonds is 1. The lowest BCUT2D eigenvalue weighted by Crippen LogP contribution is -2.16. The fourth-order valence-corrected chi connectivity index (χ4v) is 1.04. The van der Waals surface area contributed by atoms with Crippen molar-refractivity contribution < 1.29 is 9.53 Å². The maximum Gasteiger partial charge on any atom is 0.333 e. The number of methoxy groups -OCH3 is 1. The third kappa shape index (κ3) is 1.36. The minimum absolute atomic E-state index is 0.120. The Morgan fingerprint density at radius 2 is 2.60 bits per heavy atom. The molecule has 0 radical (unpaired) electrons. The summed E-state index contributed by atoms with van der Waals surface area (Å²) in [6, 6.07) is 0.120. The van der Waals surface area contributed by atoms with Gasteiger partial charge in [-0.2, -0.15) is 0 Å². The Bertz CT molecular complexity index is 174. The highest BCUT2D eigenvalue weighted by molar-refractivity contribution is 5.88. The highest BCUT2D eigenvalue weighted by Crippen LogP contribution is 2.17. The molecule has 0 saturated carbocycles. The van der Waals surface area contributed by atoms with Crippen LogP contribution in [0.25, 0.3) is 0 Å². The Balaban J connectivity index is 2.51.